The Labute approximate surface area is 162 Å². The summed E-state index contributed by atoms with van der Waals surface area (Å²) < 4.78 is 0.0757. The molecule has 0 aliphatic carbocycles. The third-order valence-electron chi connectivity index (χ3n) is 3.47. The second kappa shape index (κ2) is 7.36. The van der Waals surface area contributed by atoms with Crippen LogP contribution < -0.4 is 0 Å². The second-order valence-electron chi connectivity index (χ2n) is 5.18. The molecule has 0 bridgehead atoms. The third-order valence-corrected chi connectivity index (χ3v) is 5.02. The van der Waals surface area contributed by atoms with E-state index in [4.69, 9.17) is 23.8 Å². The average Bonchev–Trinajstić information content (AvgIpc) is 2.90. The van der Waals surface area contributed by atoms with Crippen LogP contribution in [0.5, 0.6) is 0 Å². The molecule has 0 N–H and O–H groups in total. The van der Waals surface area contributed by atoms with E-state index in [2.05, 4.69) is 0 Å². The number of carbonyl (C=O) groups is 2. The summed E-state index contributed by atoms with van der Waals surface area (Å²) in [7, 11) is 0. The molecule has 0 spiro atoms. The van der Waals surface area contributed by atoms with Gasteiger partial charge in [0.2, 0.25) is 0 Å². The van der Waals surface area contributed by atoms with Crippen molar-refractivity contribution in [1.29, 1.82) is 0 Å². The van der Waals surface area contributed by atoms with Crippen molar-refractivity contribution >= 4 is 63.5 Å². The molecule has 2 amide bonds. The standard InChI is InChI=1S/C17H9ClN2O4S2/c18-12-6-4-10(5-7-12)8-14-16(22)19(17(25)26-14)15(21)11-2-1-3-13(9-11)20(23)24/h1-9H/b14-8+. The van der Waals surface area contributed by atoms with Gasteiger partial charge in [0.05, 0.1) is 9.83 Å². The number of carbonyl (C=O) groups excluding carboxylic acids is 2. The monoisotopic (exact) mass is 404 g/mol. The van der Waals surface area contributed by atoms with Gasteiger partial charge in [0.15, 0.2) is 4.32 Å². The molecule has 9 heteroatoms. The first-order chi connectivity index (χ1) is 12.4. The number of nitro benzene ring substituents is 1. The molecule has 130 valence electrons. The molecule has 1 fully saturated rings. The zero-order chi connectivity index (χ0) is 18.8. The Balaban J connectivity index is 1.89. The molecule has 1 aliphatic heterocycles. The van der Waals surface area contributed by atoms with E-state index in [9.17, 15) is 19.7 Å². The van der Waals surface area contributed by atoms with Gasteiger partial charge in [0, 0.05) is 22.7 Å². The zero-order valence-corrected chi connectivity index (χ0v) is 15.3. The number of non-ortho nitro benzene ring substituents is 1. The molecule has 2 aromatic rings. The average molecular weight is 405 g/mol. The summed E-state index contributed by atoms with van der Waals surface area (Å²) in [6.45, 7) is 0. The number of halogens is 1. The number of thioether (sulfide) groups is 1. The van der Waals surface area contributed by atoms with Gasteiger partial charge in [0.25, 0.3) is 17.5 Å². The smallest absolute Gasteiger partial charge is 0.268 e. The summed E-state index contributed by atoms with van der Waals surface area (Å²) in [5.41, 5.74) is 0.513. The topological polar surface area (TPSA) is 80.5 Å². The first kappa shape index (κ1) is 18.2. The van der Waals surface area contributed by atoms with Crippen molar-refractivity contribution in [2.45, 2.75) is 0 Å². The maximum Gasteiger partial charge on any atom is 0.273 e. The number of imide groups is 1. The van der Waals surface area contributed by atoms with Crippen molar-refractivity contribution in [3.63, 3.8) is 0 Å². The van der Waals surface area contributed by atoms with Crippen molar-refractivity contribution in [3.05, 3.63) is 79.7 Å². The van der Waals surface area contributed by atoms with Crippen LogP contribution in [0.2, 0.25) is 5.02 Å². The molecule has 0 saturated carbocycles. The maximum absolute atomic E-state index is 12.6. The van der Waals surface area contributed by atoms with Crippen molar-refractivity contribution < 1.29 is 14.5 Å². The highest BCUT2D eigenvalue weighted by atomic mass is 35.5. The Kier molecular flexibility index (Phi) is 5.17. The van der Waals surface area contributed by atoms with Gasteiger partial charge >= 0.3 is 0 Å². The van der Waals surface area contributed by atoms with E-state index in [1.165, 1.54) is 18.2 Å². The Morgan fingerprint density at radius 2 is 1.92 bits per heavy atom. The van der Waals surface area contributed by atoms with Gasteiger partial charge in [-0.1, -0.05) is 53.8 Å². The Bertz CT molecular complexity index is 973. The van der Waals surface area contributed by atoms with E-state index in [1.54, 1.807) is 30.3 Å². The van der Waals surface area contributed by atoms with Crippen molar-refractivity contribution in [1.82, 2.24) is 4.90 Å². The highest BCUT2D eigenvalue weighted by Gasteiger charge is 2.37. The quantitative estimate of drug-likeness (QED) is 0.249. The highest BCUT2D eigenvalue weighted by molar-refractivity contribution is 8.26. The van der Waals surface area contributed by atoms with Gasteiger partial charge in [-0.05, 0) is 29.8 Å². The number of nitrogens with zero attached hydrogens (tertiary/aromatic N) is 2. The Hall–Kier alpha value is -2.55. The van der Waals surface area contributed by atoms with E-state index in [0.29, 0.717) is 5.02 Å². The minimum Gasteiger partial charge on any atom is -0.268 e. The molecular weight excluding hydrogens is 396 g/mol. The van der Waals surface area contributed by atoms with E-state index in [-0.39, 0.29) is 20.5 Å². The fraction of sp³-hybridized carbons (Fsp3) is 0. The van der Waals surface area contributed by atoms with Crippen LogP contribution in [0.1, 0.15) is 15.9 Å². The Morgan fingerprint density at radius 1 is 1.23 bits per heavy atom. The third kappa shape index (κ3) is 3.67. The predicted molar refractivity (Wildman–Crippen MR) is 104 cm³/mol. The summed E-state index contributed by atoms with van der Waals surface area (Å²) in [6, 6.07) is 12.0. The molecule has 3 rings (SSSR count). The maximum atomic E-state index is 12.6. The molecular formula is C17H9ClN2O4S2. The van der Waals surface area contributed by atoms with Gasteiger partial charge in [-0.15, -0.1) is 0 Å². The minimum atomic E-state index is -0.698. The van der Waals surface area contributed by atoms with Crippen molar-refractivity contribution in [2.24, 2.45) is 0 Å². The predicted octanol–water partition coefficient (Wildman–Crippen LogP) is 4.29. The highest BCUT2D eigenvalue weighted by Crippen LogP contribution is 2.34. The van der Waals surface area contributed by atoms with Gasteiger partial charge in [-0.3, -0.25) is 19.7 Å². The van der Waals surface area contributed by atoms with Crippen LogP contribution in [-0.2, 0) is 4.79 Å². The SMILES string of the molecule is O=C1/C(=C\c2ccc(Cl)cc2)SC(=S)N1C(=O)c1cccc([N+](=O)[O-])c1. The minimum absolute atomic E-state index is 0.0169. The van der Waals surface area contributed by atoms with Gasteiger partial charge < -0.3 is 0 Å². The molecule has 0 unspecified atom stereocenters. The number of hydrogen-bond acceptors (Lipinski definition) is 6. The normalized spacial score (nSPS) is 15.6. The van der Waals surface area contributed by atoms with E-state index in [1.807, 2.05) is 0 Å². The molecule has 0 atom stereocenters. The molecule has 0 aromatic heterocycles. The zero-order valence-electron chi connectivity index (χ0n) is 12.9. The molecule has 26 heavy (non-hydrogen) atoms. The number of hydrogen-bond donors (Lipinski definition) is 0. The molecule has 1 heterocycles. The van der Waals surface area contributed by atoms with Gasteiger partial charge in [-0.25, -0.2) is 4.90 Å². The van der Waals surface area contributed by atoms with Crippen molar-refractivity contribution in [3.8, 4) is 0 Å². The van der Waals surface area contributed by atoms with Gasteiger partial charge in [-0.2, -0.15) is 0 Å². The molecule has 0 radical (unpaired) electrons. The first-order valence-corrected chi connectivity index (χ1v) is 8.79. The molecule has 1 aliphatic rings. The fourth-order valence-electron chi connectivity index (χ4n) is 2.23. The van der Waals surface area contributed by atoms with Crippen LogP contribution in [0.4, 0.5) is 5.69 Å². The van der Waals surface area contributed by atoms with Crippen LogP contribution in [0.25, 0.3) is 6.08 Å². The number of thiocarbonyl (C=S) groups is 1. The largest absolute Gasteiger partial charge is 0.273 e. The van der Waals surface area contributed by atoms with Crippen LogP contribution in [0.3, 0.4) is 0 Å². The van der Waals surface area contributed by atoms with Crippen LogP contribution in [-0.4, -0.2) is 26.0 Å². The number of rotatable bonds is 3. The fourth-order valence-corrected chi connectivity index (χ4v) is 3.61. The lowest BCUT2D eigenvalue weighted by Crippen LogP contribution is -2.34. The van der Waals surface area contributed by atoms with Gasteiger partial charge in [0.1, 0.15) is 0 Å². The Morgan fingerprint density at radius 3 is 2.58 bits per heavy atom. The second-order valence-corrected chi connectivity index (χ2v) is 7.29. The summed E-state index contributed by atoms with van der Waals surface area (Å²) in [5.74, 6) is -1.26. The lowest BCUT2D eigenvalue weighted by molar-refractivity contribution is -0.384. The summed E-state index contributed by atoms with van der Waals surface area (Å²) in [4.78, 5) is 36.6. The molecule has 2 aromatic carbocycles. The number of nitro groups is 1. The van der Waals surface area contributed by atoms with E-state index in [0.717, 1.165) is 28.3 Å². The van der Waals surface area contributed by atoms with E-state index >= 15 is 0 Å². The lowest BCUT2D eigenvalue weighted by Gasteiger charge is -2.12. The first-order valence-electron chi connectivity index (χ1n) is 7.19. The summed E-state index contributed by atoms with van der Waals surface area (Å²) in [5, 5.41) is 11.4. The van der Waals surface area contributed by atoms with Crippen LogP contribution in [0.15, 0.2) is 53.4 Å². The molecule has 1 saturated heterocycles. The summed E-state index contributed by atoms with van der Waals surface area (Å²) >= 11 is 12.0. The number of benzene rings is 2. The van der Waals surface area contributed by atoms with Crippen molar-refractivity contribution in [2.75, 3.05) is 0 Å². The lowest BCUT2D eigenvalue weighted by atomic mass is 10.1. The summed E-state index contributed by atoms with van der Waals surface area (Å²) in [6.07, 6.45) is 1.61. The molecule has 6 nitrogen and oxygen atoms in total. The van der Waals surface area contributed by atoms with E-state index < -0.39 is 16.7 Å². The van der Waals surface area contributed by atoms with Crippen LogP contribution in [0, 0.1) is 10.1 Å². The number of amides is 2. The van der Waals surface area contributed by atoms with Crippen LogP contribution >= 0.6 is 35.6 Å².